The fourth-order valence-electron chi connectivity index (χ4n) is 9.31. The fourth-order valence-corrected chi connectivity index (χ4v) is 9.31. The summed E-state index contributed by atoms with van der Waals surface area (Å²) in [5.41, 5.74) is 16.6. The van der Waals surface area contributed by atoms with Crippen LogP contribution in [0.25, 0.3) is 55.3 Å². The molecule has 0 atom stereocenters. The zero-order valence-corrected chi connectivity index (χ0v) is 31.2. The molecule has 1 aliphatic carbocycles. The van der Waals surface area contributed by atoms with Crippen molar-refractivity contribution in [3.05, 3.63) is 247 Å². The van der Waals surface area contributed by atoms with Crippen LogP contribution in [0, 0.1) is 0 Å². The van der Waals surface area contributed by atoms with Gasteiger partial charge in [-0.15, -0.1) is 0 Å². The monoisotopic (exact) mass is 727 g/mol. The van der Waals surface area contributed by atoms with Gasteiger partial charge < -0.3 is 9.32 Å². The summed E-state index contributed by atoms with van der Waals surface area (Å²) < 4.78 is 6.93. The Balaban J connectivity index is 1.15. The number of para-hydroxylation sites is 1. The van der Waals surface area contributed by atoms with Gasteiger partial charge in [0.1, 0.15) is 11.2 Å². The summed E-state index contributed by atoms with van der Waals surface area (Å²) in [6.45, 7) is 0. The first-order chi connectivity index (χ1) is 28.3. The van der Waals surface area contributed by atoms with E-state index >= 15 is 0 Å². The Labute approximate surface area is 332 Å². The topological polar surface area (TPSA) is 16.4 Å². The lowest BCUT2D eigenvalue weighted by Crippen LogP contribution is -2.28. The largest absolute Gasteiger partial charge is 0.456 e. The Morgan fingerprint density at radius 2 is 0.860 bits per heavy atom. The van der Waals surface area contributed by atoms with Crippen molar-refractivity contribution in [3.63, 3.8) is 0 Å². The third kappa shape index (κ3) is 5.26. The Bertz CT molecular complexity index is 2950. The third-order valence-electron chi connectivity index (χ3n) is 11.7. The van der Waals surface area contributed by atoms with Gasteiger partial charge in [0.2, 0.25) is 0 Å². The standard InChI is InChI=1S/C55H37NO/c1-5-18-38(19-6-1)40-34-41(39-20-7-2-8-21-39)36-45(35-40)56(43-24-11-4-12-25-43)44-32-33-48-53(37-44)57-52-31-17-30-51(54(48)52)55(42-22-9-3-10-23-42)49-28-15-13-26-46(49)47-27-14-16-29-50(47)55/h1-37H. The Morgan fingerprint density at radius 1 is 0.333 bits per heavy atom. The first kappa shape index (κ1) is 33.0. The van der Waals surface area contributed by atoms with E-state index in [1.54, 1.807) is 0 Å². The van der Waals surface area contributed by atoms with Crippen molar-refractivity contribution < 1.29 is 4.42 Å². The van der Waals surface area contributed by atoms with Gasteiger partial charge in [0.05, 0.1) is 5.41 Å². The van der Waals surface area contributed by atoms with Gasteiger partial charge in [0.15, 0.2) is 0 Å². The lowest BCUT2D eigenvalue weighted by Gasteiger charge is -2.34. The van der Waals surface area contributed by atoms with E-state index in [2.05, 4.69) is 229 Å². The van der Waals surface area contributed by atoms with Crippen molar-refractivity contribution >= 4 is 39.0 Å². The molecule has 0 amide bonds. The van der Waals surface area contributed by atoms with Crippen LogP contribution in [-0.4, -0.2) is 0 Å². The molecular weight excluding hydrogens is 691 g/mol. The lowest BCUT2D eigenvalue weighted by atomic mass is 9.66. The van der Waals surface area contributed by atoms with Crippen molar-refractivity contribution in [2.24, 2.45) is 0 Å². The second-order valence-corrected chi connectivity index (χ2v) is 14.8. The van der Waals surface area contributed by atoms with Gasteiger partial charge >= 0.3 is 0 Å². The van der Waals surface area contributed by atoms with E-state index < -0.39 is 5.41 Å². The van der Waals surface area contributed by atoms with Gasteiger partial charge in [-0.05, 0) is 104 Å². The Kier molecular flexibility index (Phi) is 7.75. The molecule has 0 spiro atoms. The molecule has 268 valence electrons. The van der Waals surface area contributed by atoms with E-state index in [-0.39, 0.29) is 0 Å². The highest BCUT2D eigenvalue weighted by Crippen LogP contribution is 2.58. The summed E-state index contributed by atoms with van der Waals surface area (Å²) in [6, 6.07) is 81.0. The molecule has 0 aliphatic heterocycles. The third-order valence-corrected chi connectivity index (χ3v) is 11.7. The van der Waals surface area contributed by atoms with Crippen LogP contribution < -0.4 is 4.90 Å². The summed E-state index contributed by atoms with van der Waals surface area (Å²) in [5.74, 6) is 0. The summed E-state index contributed by atoms with van der Waals surface area (Å²) in [4.78, 5) is 2.35. The van der Waals surface area contributed by atoms with Gasteiger partial charge in [0, 0.05) is 33.9 Å². The minimum absolute atomic E-state index is 0.536. The quantitative estimate of drug-likeness (QED) is 0.163. The molecule has 1 aromatic heterocycles. The summed E-state index contributed by atoms with van der Waals surface area (Å²) >= 11 is 0. The van der Waals surface area contributed by atoms with E-state index in [1.807, 2.05) is 0 Å². The van der Waals surface area contributed by atoms with E-state index in [1.165, 1.54) is 44.5 Å². The first-order valence-corrected chi connectivity index (χ1v) is 19.6. The Morgan fingerprint density at radius 3 is 1.47 bits per heavy atom. The maximum Gasteiger partial charge on any atom is 0.137 e. The lowest BCUT2D eigenvalue weighted by molar-refractivity contribution is 0.667. The number of anilines is 3. The molecule has 0 unspecified atom stereocenters. The second-order valence-electron chi connectivity index (χ2n) is 14.8. The van der Waals surface area contributed by atoms with Crippen LogP contribution in [0.2, 0.25) is 0 Å². The number of benzene rings is 9. The van der Waals surface area contributed by atoms with Crippen molar-refractivity contribution in [2.75, 3.05) is 4.90 Å². The molecule has 0 bridgehead atoms. The fraction of sp³-hybridized carbons (Fsp3) is 0.0182. The van der Waals surface area contributed by atoms with Crippen molar-refractivity contribution in [1.82, 2.24) is 0 Å². The van der Waals surface area contributed by atoms with E-state index in [9.17, 15) is 0 Å². The van der Waals surface area contributed by atoms with Crippen LogP contribution in [0.1, 0.15) is 22.3 Å². The molecule has 0 saturated heterocycles. The van der Waals surface area contributed by atoms with Gasteiger partial charge in [-0.2, -0.15) is 0 Å². The number of furan rings is 1. The molecule has 57 heavy (non-hydrogen) atoms. The number of hydrogen-bond acceptors (Lipinski definition) is 2. The predicted octanol–water partition coefficient (Wildman–Crippen LogP) is 14.8. The predicted molar refractivity (Wildman–Crippen MR) is 237 cm³/mol. The highest BCUT2D eigenvalue weighted by atomic mass is 16.3. The molecule has 0 N–H and O–H groups in total. The molecule has 0 fully saturated rings. The normalized spacial score (nSPS) is 12.7. The molecule has 0 radical (unpaired) electrons. The highest BCUT2D eigenvalue weighted by molar-refractivity contribution is 6.10. The Hall–Kier alpha value is -7.42. The van der Waals surface area contributed by atoms with Gasteiger partial charge in [-0.1, -0.05) is 170 Å². The molecule has 10 aromatic rings. The van der Waals surface area contributed by atoms with E-state index in [0.29, 0.717) is 0 Å². The molecule has 0 saturated carbocycles. The number of nitrogens with zero attached hydrogens (tertiary/aromatic N) is 1. The van der Waals surface area contributed by atoms with Gasteiger partial charge in [-0.3, -0.25) is 0 Å². The van der Waals surface area contributed by atoms with Gasteiger partial charge in [0.25, 0.3) is 0 Å². The number of rotatable bonds is 7. The average Bonchev–Trinajstić information content (AvgIpc) is 3.81. The molecular formula is C55H37NO. The highest BCUT2D eigenvalue weighted by Gasteiger charge is 2.47. The van der Waals surface area contributed by atoms with Crippen LogP contribution >= 0.6 is 0 Å². The van der Waals surface area contributed by atoms with Crippen molar-refractivity contribution in [2.45, 2.75) is 5.41 Å². The molecule has 1 heterocycles. The van der Waals surface area contributed by atoms with Crippen molar-refractivity contribution in [1.29, 1.82) is 0 Å². The minimum atomic E-state index is -0.536. The van der Waals surface area contributed by atoms with Crippen molar-refractivity contribution in [3.8, 4) is 33.4 Å². The van der Waals surface area contributed by atoms with E-state index in [4.69, 9.17) is 4.42 Å². The van der Waals surface area contributed by atoms with Crippen LogP contribution in [0.4, 0.5) is 17.1 Å². The van der Waals surface area contributed by atoms with Crippen LogP contribution in [-0.2, 0) is 5.41 Å². The molecule has 2 nitrogen and oxygen atoms in total. The maximum absolute atomic E-state index is 6.93. The zero-order valence-electron chi connectivity index (χ0n) is 31.2. The number of hydrogen-bond donors (Lipinski definition) is 0. The van der Waals surface area contributed by atoms with Gasteiger partial charge in [-0.25, -0.2) is 0 Å². The van der Waals surface area contributed by atoms with Crippen LogP contribution in [0.5, 0.6) is 0 Å². The SMILES string of the molecule is c1ccc(-c2cc(-c3ccccc3)cc(N(c3ccccc3)c3ccc4c(c3)oc3cccc(C5(c6ccccc6)c6ccccc6-c6ccccc65)c34)c2)cc1. The smallest absolute Gasteiger partial charge is 0.137 e. The zero-order chi connectivity index (χ0) is 37.8. The second kappa shape index (κ2) is 13.4. The summed E-state index contributed by atoms with van der Waals surface area (Å²) in [7, 11) is 0. The minimum Gasteiger partial charge on any atom is -0.456 e. The average molecular weight is 728 g/mol. The van der Waals surface area contributed by atoms with Crippen LogP contribution in [0.3, 0.4) is 0 Å². The summed E-state index contributed by atoms with van der Waals surface area (Å²) in [5, 5.41) is 2.23. The maximum atomic E-state index is 6.93. The molecule has 9 aromatic carbocycles. The van der Waals surface area contributed by atoms with Crippen LogP contribution in [0.15, 0.2) is 229 Å². The molecule has 1 aliphatic rings. The molecule has 2 heteroatoms. The van der Waals surface area contributed by atoms with E-state index in [0.717, 1.165) is 50.1 Å². The first-order valence-electron chi connectivity index (χ1n) is 19.6. The summed E-state index contributed by atoms with van der Waals surface area (Å²) in [6.07, 6.45) is 0. The molecule has 11 rings (SSSR count). The number of fused-ring (bicyclic) bond motifs is 6.